The fourth-order valence-electron chi connectivity index (χ4n) is 1.68. The van der Waals surface area contributed by atoms with Crippen molar-refractivity contribution in [3.8, 4) is 0 Å². The molecule has 0 saturated heterocycles. The summed E-state index contributed by atoms with van der Waals surface area (Å²) in [6.07, 6.45) is 6.04. The van der Waals surface area contributed by atoms with Gasteiger partial charge in [0.2, 0.25) is 0 Å². The average Bonchev–Trinajstić information content (AvgIpc) is 2.64. The molecule has 1 saturated carbocycles. The molecule has 0 spiro atoms. The molecule has 3 heteroatoms. The maximum absolute atomic E-state index is 10.1. The van der Waals surface area contributed by atoms with Crippen molar-refractivity contribution in [3.63, 3.8) is 0 Å². The Morgan fingerprint density at radius 3 is 3.00 bits per heavy atom. The fourth-order valence-corrected chi connectivity index (χ4v) is 2.48. The van der Waals surface area contributed by atoms with Gasteiger partial charge in [-0.3, -0.25) is 0 Å². The zero-order valence-electron chi connectivity index (χ0n) is 7.86. The molecule has 1 atom stereocenters. The summed E-state index contributed by atoms with van der Waals surface area (Å²) >= 11 is 1.63. The number of nitrogens with zero attached hydrogens (tertiary/aromatic N) is 1. The first kappa shape index (κ1) is 9.16. The molecule has 13 heavy (non-hydrogen) atoms. The van der Waals surface area contributed by atoms with Gasteiger partial charge in [0.15, 0.2) is 0 Å². The van der Waals surface area contributed by atoms with Gasteiger partial charge in [0, 0.05) is 18.0 Å². The predicted molar refractivity (Wildman–Crippen MR) is 53.8 cm³/mol. The molecule has 1 heterocycles. The van der Waals surface area contributed by atoms with Crippen LogP contribution in [0.2, 0.25) is 0 Å². The molecule has 2 rings (SSSR count). The topological polar surface area (TPSA) is 33.1 Å². The normalized spacial score (nSPS) is 21.4. The molecular weight excluding hydrogens is 182 g/mol. The van der Waals surface area contributed by atoms with E-state index in [1.807, 2.05) is 12.3 Å². The van der Waals surface area contributed by atoms with Crippen LogP contribution in [0.4, 0.5) is 0 Å². The Balaban J connectivity index is 1.90. The lowest BCUT2D eigenvalue weighted by atomic mass is 9.96. The number of thiazole rings is 1. The maximum Gasteiger partial charge on any atom is 0.0953 e. The fraction of sp³-hybridized carbons (Fsp3) is 0.700. The zero-order valence-corrected chi connectivity index (χ0v) is 8.68. The van der Waals surface area contributed by atoms with Crippen LogP contribution in [-0.4, -0.2) is 15.7 Å². The van der Waals surface area contributed by atoms with Gasteiger partial charge in [0.25, 0.3) is 0 Å². The second-order valence-corrected chi connectivity index (χ2v) is 5.23. The zero-order chi connectivity index (χ0) is 9.31. The number of aromatic nitrogens is 1. The van der Waals surface area contributed by atoms with Gasteiger partial charge < -0.3 is 5.11 Å². The van der Waals surface area contributed by atoms with Crippen LogP contribution in [-0.2, 0) is 6.42 Å². The second kappa shape index (κ2) is 3.39. The van der Waals surface area contributed by atoms with Crippen LogP contribution in [0.1, 0.15) is 31.2 Å². The van der Waals surface area contributed by atoms with E-state index in [4.69, 9.17) is 0 Å². The third-order valence-corrected chi connectivity index (χ3v) is 3.22. The van der Waals surface area contributed by atoms with E-state index in [-0.39, 0.29) is 0 Å². The van der Waals surface area contributed by atoms with Crippen LogP contribution in [0.3, 0.4) is 0 Å². The van der Waals surface area contributed by atoms with Crippen LogP contribution in [0.5, 0.6) is 0 Å². The summed E-state index contributed by atoms with van der Waals surface area (Å²) in [7, 11) is 0. The molecule has 1 N–H and O–H groups in total. The van der Waals surface area contributed by atoms with Gasteiger partial charge in [-0.25, -0.2) is 4.98 Å². The van der Waals surface area contributed by atoms with Gasteiger partial charge in [-0.1, -0.05) is 12.8 Å². The van der Waals surface area contributed by atoms with Gasteiger partial charge in [0.1, 0.15) is 0 Å². The average molecular weight is 197 g/mol. The third kappa shape index (κ3) is 2.78. The summed E-state index contributed by atoms with van der Waals surface area (Å²) in [5.74, 6) is 0.773. The molecule has 2 nitrogen and oxygen atoms in total. The highest BCUT2D eigenvalue weighted by molar-refractivity contribution is 7.09. The molecule has 0 radical (unpaired) electrons. The van der Waals surface area contributed by atoms with Crippen molar-refractivity contribution in [2.24, 2.45) is 5.92 Å². The molecule has 72 valence electrons. The molecule has 1 aromatic heterocycles. The van der Waals surface area contributed by atoms with Gasteiger partial charge in [0.05, 0.1) is 10.6 Å². The summed E-state index contributed by atoms with van der Waals surface area (Å²) in [4.78, 5) is 4.19. The summed E-state index contributed by atoms with van der Waals surface area (Å²) < 4.78 is 0. The van der Waals surface area contributed by atoms with E-state index in [9.17, 15) is 5.11 Å². The number of hydrogen-bond acceptors (Lipinski definition) is 3. The second-order valence-electron chi connectivity index (χ2n) is 4.25. The predicted octanol–water partition coefficient (Wildman–Crippen LogP) is 2.24. The third-order valence-electron chi connectivity index (χ3n) is 2.44. The largest absolute Gasteiger partial charge is 0.390 e. The highest BCUT2D eigenvalue weighted by Crippen LogP contribution is 2.37. The highest BCUT2D eigenvalue weighted by atomic mass is 32.1. The van der Waals surface area contributed by atoms with Crippen LogP contribution in [0, 0.1) is 5.92 Å². The SMILES string of the molecule is CC(O)(Cc1nccs1)CC1CC1. The van der Waals surface area contributed by atoms with Crippen molar-refractivity contribution in [3.05, 3.63) is 16.6 Å². The molecule has 1 aliphatic rings. The van der Waals surface area contributed by atoms with E-state index < -0.39 is 5.60 Å². The van der Waals surface area contributed by atoms with E-state index >= 15 is 0 Å². The monoisotopic (exact) mass is 197 g/mol. The first-order chi connectivity index (χ1) is 6.16. The van der Waals surface area contributed by atoms with Crippen molar-refractivity contribution >= 4 is 11.3 Å². The minimum absolute atomic E-state index is 0.543. The molecule has 1 unspecified atom stereocenters. The summed E-state index contributed by atoms with van der Waals surface area (Å²) in [6.45, 7) is 1.92. The van der Waals surface area contributed by atoms with Crippen molar-refractivity contribution < 1.29 is 5.11 Å². The van der Waals surface area contributed by atoms with Crippen molar-refractivity contribution in [1.82, 2.24) is 4.98 Å². The quantitative estimate of drug-likeness (QED) is 0.803. The first-order valence-electron chi connectivity index (χ1n) is 4.76. The van der Waals surface area contributed by atoms with Crippen molar-refractivity contribution in [1.29, 1.82) is 0 Å². The van der Waals surface area contributed by atoms with Crippen LogP contribution in [0.25, 0.3) is 0 Å². The van der Waals surface area contributed by atoms with Crippen LogP contribution in [0.15, 0.2) is 11.6 Å². The van der Waals surface area contributed by atoms with Gasteiger partial charge in [-0.05, 0) is 19.3 Å². The Bertz CT molecular complexity index is 264. The van der Waals surface area contributed by atoms with E-state index in [0.717, 1.165) is 17.3 Å². The summed E-state index contributed by atoms with van der Waals surface area (Å²) in [5.41, 5.74) is -0.543. The van der Waals surface area contributed by atoms with Crippen LogP contribution >= 0.6 is 11.3 Å². The Morgan fingerprint density at radius 1 is 1.69 bits per heavy atom. The van der Waals surface area contributed by atoms with Crippen LogP contribution < -0.4 is 0 Å². The van der Waals surface area contributed by atoms with Crippen molar-refractivity contribution in [2.45, 2.75) is 38.2 Å². The molecule has 0 aliphatic heterocycles. The lowest BCUT2D eigenvalue weighted by Crippen LogP contribution is -2.27. The van der Waals surface area contributed by atoms with E-state index in [1.165, 1.54) is 12.8 Å². The summed E-state index contributed by atoms with van der Waals surface area (Å²) in [5, 5.41) is 13.1. The lowest BCUT2D eigenvalue weighted by Gasteiger charge is -2.21. The maximum atomic E-state index is 10.1. The number of aliphatic hydroxyl groups is 1. The number of hydrogen-bond donors (Lipinski definition) is 1. The van der Waals surface area contributed by atoms with E-state index in [0.29, 0.717) is 6.42 Å². The van der Waals surface area contributed by atoms with Gasteiger partial charge in [-0.15, -0.1) is 11.3 Å². The Labute approximate surface area is 82.6 Å². The van der Waals surface area contributed by atoms with E-state index in [1.54, 1.807) is 17.5 Å². The molecule has 0 amide bonds. The standard InChI is InChI=1S/C10H15NOS/c1-10(12,6-8-2-3-8)7-9-11-4-5-13-9/h4-5,8,12H,2-3,6-7H2,1H3. The smallest absolute Gasteiger partial charge is 0.0953 e. The highest BCUT2D eigenvalue weighted by Gasteiger charge is 2.32. The first-order valence-corrected chi connectivity index (χ1v) is 5.64. The lowest BCUT2D eigenvalue weighted by molar-refractivity contribution is 0.0454. The van der Waals surface area contributed by atoms with Gasteiger partial charge in [-0.2, -0.15) is 0 Å². The molecule has 1 aliphatic carbocycles. The molecule has 0 bridgehead atoms. The molecular formula is C10H15NOS. The molecule has 1 aromatic rings. The van der Waals surface area contributed by atoms with Crippen molar-refractivity contribution in [2.75, 3.05) is 0 Å². The van der Waals surface area contributed by atoms with E-state index in [2.05, 4.69) is 4.98 Å². The molecule has 0 aromatic carbocycles. The Kier molecular flexibility index (Phi) is 2.39. The minimum Gasteiger partial charge on any atom is -0.390 e. The minimum atomic E-state index is -0.543. The Hall–Kier alpha value is -0.410. The van der Waals surface area contributed by atoms with Gasteiger partial charge >= 0.3 is 0 Å². The summed E-state index contributed by atoms with van der Waals surface area (Å²) in [6, 6.07) is 0. The Morgan fingerprint density at radius 2 is 2.46 bits per heavy atom. The number of rotatable bonds is 4. The molecule has 1 fully saturated rings.